The van der Waals surface area contributed by atoms with Crippen molar-refractivity contribution in [3.8, 4) is 0 Å². The van der Waals surface area contributed by atoms with Gasteiger partial charge in [0.25, 0.3) is 0 Å². The number of morpholine rings is 1. The van der Waals surface area contributed by atoms with Crippen LogP contribution in [-0.2, 0) is 9.53 Å². The molecule has 0 radical (unpaired) electrons. The van der Waals surface area contributed by atoms with Crippen molar-refractivity contribution in [1.29, 1.82) is 0 Å². The van der Waals surface area contributed by atoms with Crippen LogP contribution in [0, 0.1) is 5.82 Å². The van der Waals surface area contributed by atoms with Crippen LogP contribution in [0.25, 0.3) is 0 Å². The highest BCUT2D eigenvalue weighted by atomic mass is 19.1. The molecule has 1 saturated heterocycles. The third-order valence-electron chi connectivity index (χ3n) is 2.89. The Hall–Kier alpha value is -1.46. The zero-order valence-electron chi connectivity index (χ0n) is 9.39. The number of hydrogen-bond acceptors (Lipinski definition) is 3. The van der Waals surface area contributed by atoms with Gasteiger partial charge < -0.3 is 9.84 Å². The van der Waals surface area contributed by atoms with Crippen LogP contribution in [0.4, 0.5) is 4.39 Å². The zero-order chi connectivity index (χ0) is 12.4. The molecule has 1 aliphatic heterocycles. The molecule has 1 aromatic carbocycles. The van der Waals surface area contributed by atoms with Gasteiger partial charge >= 0.3 is 5.97 Å². The van der Waals surface area contributed by atoms with Crippen LogP contribution in [0.5, 0.6) is 0 Å². The van der Waals surface area contributed by atoms with E-state index < -0.39 is 24.2 Å². The first kappa shape index (κ1) is 12.0. The Labute approximate surface area is 98.4 Å². The summed E-state index contributed by atoms with van der Waals surface area (Å²) in [6.07, 6.45) is -0.937. The van der Waals surface area contributed by atoms with Crippen LogP contribution < -0.4 is 5.32 Å². The van der Waals surface area contributed by atoms with Crippen molar-refractivity contribution in [2.45, 2.75) is 25.2 Å². The maximum absolute atomic E-state index is 13.5. The fraction of sp³-hybridized carbons (Fsp3) is 0.417. The highest BCUT2D eigenvalue weighted by Gasteiger charge is 2.33. The van der Waals surface area contributed by atoms with Gasteiger partial charge in [0.15, 0.2) is 0 Å². The number of aliphatic carboxylic acids is 1. The van der Waals surface area contributed by atoms with Gasteiger partial charge in [-0.2, -0.15) is 0 Å². The van der Waals surface area contributed by atoms with Gasteiger partial charge in [-0.1, -0.05) is 18.2 Å². The minimum atomic E-state index is -0.954. The average molecular weight is 239 g/mol. The first-order chi connectivity index (χ1) is 8.09. The van der Waals surface area contributed by atoms with Crippen molar-refractivity contribution in [2.75, 3.05) is 6.54 Å². The van der Waals surface area contributed by atoms with Gasteiger partial charge in [-0.05, 0) is 13.0 Å². The standard InChI is InChI=1S/C12H14FNO3/c1-7-11(12(15)16)14-6-10(17-7)8-4-2-3-5-9(8)13/h2-5,7,10-11,14H,6H2,1H3,(H,15,16). The lowest BCUT2D eigenvalue weighted by Gasteiger charge is -2.33. The lowest BCUT2D eigenvalue weighted by Crippen LogP contribution is -2.52. The number of nitrogens with one attached hydrogen (secondary N) is 1. The van der Waals surface area contributed by atoms with E-state index in [0.717, 1.165) is 0 Å². The molecule has 5 heteroatoms. The molecule has 0 aromatic heterocycles. The molecular formula is C12H14FNO3. The molecule has 0 amide bonds. The summed E-state index contributed by atoms with van der Waals surface area (Å²) in [7, 11) is 0. The number of hydrogen-bond donors (Lipinski definition) is 2. The maximum atomic E-state index is 13.5. The Morgan fingerprint density at radius 1 is 1.53 bits per heavy atom. The summed E-state index contributed by atoms with van der Waals surface area (Å²) in [6.45, 7) is 1.96. The van der Waals surface area contributed by atoms with Crippen molar-refractivity contribution >= 4 is 5.97 Å². The molecule has 1 aromatic rings. The zero-order valence-corrected chi connectivity index (χ0v) is 9.39. The topological polar surface area (TPSA) is 58.6 Å². The summed E-state index contributed by atoms with van der Waals surface area (Å²) in [5.74, 6) is -1.29. The van der Waals surface area contributed by atoms with Gasteiger partial charge in [-0.15, -0.1) is 0 Å². The number of carboxylic acids is 1. The summed E-state index contributed by atoms with van der Waals surface area (Å²) < 4.78 is 19.1. The Morgan fingerprint density at radius 2 is 2.24 bits per heavy atom. The normalized spacial score (nSPS) is 28.9. The van der Waals surface area contributed by atoms with Crippen LogP contribution in [0.15, 0.2) is 24.3 Å². The van der Waals surface area contributed by atoms with Crippen LogP contribution in [0.1, 0.15) is 18.6 Å². The Kier molecular flexibility index (Phi) is 3.40. The number of rotatable bonds is 2. The van der Waals surface area contributed by atoms with E-state index in [1.165, 1.54) is 6.07 Å². The molecule has 2 N–H and O–H groups in total. The van der Waals surface area contributed by atoms with Crippen LogP contribution >= 0.6 is 0 Å². The monoisotopic (exact) mass is 239 g/mol. The molecule has 0 bridgehead atoms. The second-order valence-corrected chi connectivity index (χ2v) is 4.08. The molecule has 1 aliphatic rings. The fourth-order valence-corrected chi connectivity index (χ4v) is 1.99. The van der Waals surface area contributed by atoms with Crippen LogP contribution in [0.3, 0.4) is 0 Å². The molecule has 0 saturated carbocycles. The van der Waals surface area contributed by atoms with E-state index in [4.69, 9.17) is 9.84 Å². The van der Waals surface area contributed by atoms with Gasteiger partial charge in [0.1, 0.15) is 11.9 Å². The van der Waals surface area contributed by atoms with Crippen molar-refractivity contribution in [1.82, 2.24) is 5.32 Å². The van der Waals surface area contributed by atoms with E-state index in [1.54, 1.807) is 25.1 Å². The maximum Gasteiger partial charge on any atom is 0.323 e. The van der Waals surface area contributed by atoms with E-state index in [0.29, 0.717) is 12.1 Å². The summed E-state index contributed by atoms with van der Waals surface area (Å²) >= 11 is 0. The van der Waals surface area contributed by atoms with Gasteiger partial charge in [0, 0.05) is 12.1 Å². The molecule has 92 valence electrons. The molecule has 1 fully saturated rings. The third-order valence-corrected chi connectivity index (χ3v) is 2.89. The number of ether oxygens (including phenoxy) is 1. The van der Waals surface area contributed by atoms with Gasteiger partial charge in [-0.25, -0.2) is 4.39 Å². The lowest BCUT2D eigenvalue weighted by atomic mass is 10.0. The van der Waals surface area contributed by atoms with Crippen molar-refractivity contribution in [3.05, 3.63) is 35.6 Å². The average Bonchev–Trinajstić information content (AvgIpc) is 2.29. The molecule has 2 rings (SSSR count). The Bertz CT molecular complexity index is 424. The molecular weight excluding hydrogens is 225 g/mol. The molecule has 4 nitrogen and oxygen atoms in total. The Balaban J connectivity index is 2.12. The predicted octanol–water partition coefficient (Wildman–Crippen LogP) is 1.33. The molecule has 0 spiro atoms. The first-order valence-corrected chi connectivity index (χ1v) is 5.45. The lowest BCUT2D eigenvalue weighted by molar-refractivity contribution is -0.149. The second-order valence-electron chi connectivity index (χ2n) is 4.08. The molecule has 0 aliphatic carbocycles. The summed E-state index contributed by atoms with van der Waals surface area (Å²) in [6, 6.07) is 5.62. The van der Waals surface area contributed by atoms with Gasteiger partial charge in [-0.3, -0.25) is 10.1 Å². The summed E-state index contributed by atoms with van der Waals surface area (Å²) in [5.41, 5.74) is 0.454. The van der Waals surface area contributed by atoms with Crippen molar-refractivity contribution in [2.24, 2.45) is 0 Å². The molecule has 17 heavy (non-hydrogen) atoms. The van der Waals surface area contributed by atoms with E-state index in [2.05, 4.69) is 5.32 Å². The van der Waals surface area contributed by atoms with Crippen LogP contribution in [0.2, 0.25) is 0 Å². The van der Waals surface area contributed by atoms with E-state index in [-0.39, 0.29) is 5.82 Å². The quantitative estimate of drug-likeness (QED) is 0.817. The van der Waals surface area contributed by atoms with Gasteiger partial charge in [0.2, 0.25) is 0 Å². The number of carbonyl (C=O) groups is 1. The van der Waals surface area contributed by atoms with E-state index in [1.807, 2.05) is 0 Å². The largest absolute Gasteiger partial charge is 0.480 e. The van der Waals surface area contributed by atoms with Crippen molar-refractivity contribution in [3.63, 3.8) is 0 Å². The van der Waals surface area contributed by atoms with E-state index in [9.17, 15) is 9.18 Å². The molecule has 3 atom stereocenters. The fourth-order valence-electron chi connectivity index (χ4n) is 1.99. The predicted molar refractivity (Wildman–Crippen MR) is 59.1 cm³/mol. The minimum Gasteiger partial charge on any atom is -0.480 e. The second kappa shape index (κ2) is 4.81. The first-order valence-electron chi connectivity index (χ1n) is 5.45. The third kappa shape index (κ3) is 2.45. The summed E-state index contributed by atoms with van der Waals surface area (Å²) in [5, 5.41) is 11.8. The molecule has 1 heterocycles. The highest BCUT2D eigenvalue weighted by Crippen LogP contribution is 2.25. The van der Waals surface area contributed by atoms with Crippen LogP contribution in [-0.4, -0.2) is 29.8 Å². The minimum absolute atomic E-state index is 0.294. The molecule has 3 unspecified atom stereocenters. The van der Waals surface area contributed by atoms with Gasteiger partial charge in [0.05, 0.1) is 12.2 Å². The number of halogens is 1. The Morgan fingerprint density at radius 3 is 2.82 bits per heavy atom. The van der Waals surface area contributed by atoms with E-state index >= 15 is 0 Å². The summed E-state index contributed by atoms with van der Waals surface area (Å²) in [4.78, 5) is 10.9. The number of carboxylic acid groups (broad SMARTS) is 1. The SMILES string of the molecule is CC1OC(c2ccccc2F)CNC1C(=O)O. The smallest absolute Gasteiger partial charge is 0.323 e. The van der Waals surface area contributed by atoms with Crippen molar-refractivity contribution < 1.29 is 19.0 Å². The number of benzene rings is 1. The highest BCUT2D eigenvalue weighted by molar-refractivity contribution is 5.74.